The predicted octanol–water partition coefficient (Wildman–Crippen LogP) is 2.98. The van der Waals surface area contributed by atoms with Gasteiger partial charge in [-0.3, -0.25) is 4.79 Å². The number of halogens is 1. The van der Waals surface area contributed by atoms with Gasteiger partial charge in [0.2, 0.25) is 5.91 Å². The van der Waals surface area contributed by atoms with Gasteiger partial charge in [-0.15, -0.1) is 0 Å². The fraction of sp³-hybridized carbons (Fsp3) is 0.588. The maximum Gasteiger partial charge on any atom is 0.241 e. The van der Waals surface area contributed by atoms with E-state index in [1.807, 2.05) is 26.2 Å². The van der Waals surface area contributed by atoms with E-state index in [0.29, 0.717) is 6.04 Å². The zero-order valence-corrected chi connectivity index (χ0v) is 14.8. The Bertz CT molecular complexity index is 557. The monoisotopic (exact) mass is 365 g/mol. The highest BCUT2D eigenvalue weighted by molar-refractivity contribution is 9.10. The summed E-state index contributed by atoms with van der Waals surface area (Å²) in [7, 11) is 4.09. The third-order valence-corrected chi connectivity index (χ3v) is 5.23. The molecule has 1 aliphatic carbocycles. The normalized spacial score (nSPS) is 24.7. The van der Waals surface area contributed by atoms with Crippen molar-refractivity contribution in [2.45, 2.75) is 44.3 Å². The average Bonchev–Trinajstić information content (AvgIpc) is 3.19. The Labute approximate surface area is 140 Å². The Morgan fingerprint density at radius 1 is 1.32 bits per heavy atom. The summed E-state index contributed by atoms with van der Waals surface area (Å²) in [4.78, 5) is 14.5. The van der Waals surface area contributed by atoms with Crippen LogP contribution in [0.3, 0.4) is 0 Å². The number of nitrogens with zero attached hydrogens (tertiary/aromatic N) is 1. The van der Waals surface area contributed by atoms with Crippen molar-refractivity contribution in [3.05, 3.63) is 28.2 Å². The fourth-order valence-electron chi connectivity index (χ4n) is 3.17. The minimum atomic E-state index is -0.0363. The Morgan fingerprint density at radius 2 is 2.09 bits per heavy atom. The Balaban J connectivity index is 1.58. The lowest BCUT2D eigenvalue weighted by atomic mass is 10.1. The number of carbonyl (C=O) groups is 1. The maximum absolute atomic E-state index is 12.4. The van der Waals surface area contributed by atoms with Crippen molar-refractivity contribution in [2.75, 3.05) is 19.4 Å². The first kappa shape index (κ1) is 16.0. The summed E-state index contributed by atoms with van der Waals surface area (Å²) in [6.45, 7) is 0.877. The molecule has 5 heteroatoms. The van der Waals surface area contributed by atoms with E-state index < -0.39 is 0 Å². The molecule has 2 unspecified atom stereocenters. The molecular formula is C17H24BrN3O. The highest BCUT2D eigenvalue weighted by Crippen LogP contribution is 2.37. The van der Waals surface area contributed by atoms with Crippen molar-refractivity contribution in [1.29, 1.82) is 0 Å². The molecule has 1 aliphatic heterocycles. The van der Waals surface area contributed by atoms with Crippen LogP contribution in [0.15, 0.2) is 22.7 Å². The number of hydrogen-bond donors (Lipinski definition) is 2. The molecule has 1 heterocycles. The second kappa shape index (κ2) is 6.69. The van der Waals surface area contributed by atoms with Crippen LogP contribution >= 0.6 is 15.9 Å². The van der Waals surface area contributed by atoms with E-state index in [4.69, 9.17) is 0 Å². The number of carbonyl (C=O) groups excluding carboxylic acids is 1. The number of nitrogens with one attached hydrogen (secondary N) is 2. The average molecular weight is 366 g/mol. The third-order valence-electron chi connectivity index (χ3n) is 4.50. The van der Waals surface area contributed by atoms with Gasteiger partial charge in [-0.05, 0) is 63.4 Å². The van der Waals surface area contributed by atoms with Crippen molar-refractivity contribution in [1.82, 2.24) is 10.2 Å². The Kier molecular flexibility index (Phi) is 4.85. The van der Waals surface area contributed by atoms with Gasteiger partial charge in [0, 0.05) is 22.7 Å². The number of benzene rings is 1. The lowest BCUT2D eigenvalue weighted by Crippen LogP contribution is -2.39. The summed E-state index contributed by atoms with van der Waals surface area (Å²) in [5.74, 6) is 0.910. The molecule has 0 radical (unpaired) electrons. The summed E-state index contributed by atoms with van der Waals surface area (Å²) < 4.78 is 1.04. The molecule has 1 aromatic carbocycles. The second-order valence-corrected chi connectivity index (χ2v) is 7.63. The molecule has 120 valence electrons. The Morgan fingerprint density at radius 3 is 2.73 bits per heavy atom. The summed E-state index contributed by atoms with van der Waals surface area (Å²) >= 11 is 3.59. The lowest BCUT2D eigenvalue weighted by Gasteiger charge is -2.15. The molecule has 1 saturated heterocycles. The molecular weight excluding hydrogens is 342 g/mol. The van der Waals surface area contributed by atoms with Crippen molar-refractivity contribution in [2.24, 2.45) is 5.92 Å². The van der Waals surface area contributed by atoms with E-state index in [2.05, 4.69) is 37.5 Å². The molecule has 3 rings (SSSR count). The van der Waals surface area contributed by atoms with Crippen molar-refractivity contribution >= 4 is 27.5 Å². The lowest BCUT2D eigenvalue weighted by molar-refractivity contribution is -0.117. The highest BCUT2D eigenvalue weighted by Gasteiger charge is 2.38. The first-order valence-corrected chi connectivity index (χ1v) is 8.82. The fourth-order valence-corrected chi connectivity index (χ4v) is 3.68. The van der Waals surface area contributed by atoms with Crippen molar-refractivity contribution in [3.8, 4) is 0 Å². The number of anilines is 1. The van der Waals surface area contributed by atoms with Crippen LogP contribution in [-0.4, -0.2) is 37.0 Å². The van der Waals surface area contributed by atoms with Crippen LogP contribution in [0.2, 0.25) is 0 Å². The van der Waals surface area contributed by atoms with E-state index in [1.165, 1.54) is 18.4 Å². The topological polar surface area (TPSA) is 44.4 Å². The smallest absolute Gasteiger partial charge is 0.241 e. The molecule has 0 spiro atoms. The van der Waals surface area contributed by atoms with E-state index in [0.717, 1.165) is 35.5 Å². The molecule has 1 aromatic rings. The van der Waals surface area contributed by atoms with Gasteiger partial charge in [-0.25, -0.2) is 0 Å². The molecule has 1 amide bonds. The van der Waals surface area contributed by atoms with Crippen LogP contribution in [0.25, 0.3) is 0 Å². The van der Waals surface area contributed by atoms with Gasteiger partial charge >= 0.3 is 0 Å². The maximum atomic E-state index is 12.4. The number of amides is 1. The highest BCUT2D eigenvalue weighted by atomic mass is 79.9. The van der Waals surface area contributed by atoms with E-state index in [-0.39, 0.29) is 11.9 Å². The molecule has 2 atom stereocenters. The van der Waals surface area contributed by atoms with Crippen molar-refractivity contribution in [3.63, 3.8) is 0 Å². The summed E-state index contributed by atoms with van der Waals surface area (Å²) in [6.07, 6.45) is 4.74. The molecule has 2 fully saturated rings. The van der Waals surface area contributed by atoms with Gasteiger partial charge in [0.15, 0.2) is 0 Å². The first-order chi connectivity index (χ1) is 10.5. The van der Waals surface area contributed by atoms with Crippen molar-refractivity contribution < 1.29 is 4.79 Å². The standard InChI is InChI=1S/C17H24BrN3O/c1-21(2)10-12-5-6-13(9-14(12)18)19-17(22)16-8-7-15(20-16)11-3-4-11/h5-6,9,11,15-16,20H,3-4,7-8,10H2,1-2H3,(H,19,22). The van der Waals surface area contributed by atoms with Gasteiger partial charge in [0.1, 0.15) is 0 Å². The molecule has 2 N–H and O–H groups in total. The number of rotatable bonds is 5. The van der Waals surface area contributed by atoms with Crippen LogP contribution in [0, 0.1) is 5.92 Å². The molecule has 4 nitrogen and oxygen atoms in total. The van der Waals surface area contributed by atoms with E-state index >= 15 is 0 Å². The second-order valence-electron chi connectivity index (χ2n) is 6.77. The van der Waals surface area contributed by atoms with Crippen LogP contribution < -0.4 is 10.6 Å². The molecule has 0 aromatic heterocycles. The summed E-state index contributed by atoms with van der Waals surface area (Å²) in [5, 5.41) is 6.53. The van der Waals surface area contributed by atoms with Crippen LogP contribution in [0.4, 0.5) is 5.69 Å². The first-order valence-electron chi connectivity index (χ1n) is 8.03. The van der Waals surface area contributed by atoms with Gasteiger partial charge in [0.25, 0.3) is 0 Å². The van der Waals surface area contributed by atoms with E-state index in [1.54, 1.807) is 0 Å². The predicted molar refractivity (Wildman–Crippen MR) is 92.8 cm³/mol. The zero-order chi connectivity index (χ0) is 15.7. The van der Waals surface area contributed by atoms with Crippen LogP contribution in [0.5, 0.6) is 0 Å². The Hall–Kier alpha value is -0.910. The molecule has 1 saturated carbocycles. The minimum absolute atomic E-state index is 0.0363. The molecule has 2 aliphatic rings. The van der Waals surface area contributed by atoms with Crippen LogP contribution in [-0.2, 0) is 11.3 Å². The summed E-state index contributed by atoms with van der Waals surface area (Å²) in [5.41, 5.74) is 2.08. The quantitative estimate of drug-likeness (QED) is 0.842. The van der Waals surface area contributed by atoms with Gasteiger partial charge < -0.3 is 15.5 Å². The zero-order valence-electron chi connectivity index (χ0n) is 13.2. The molecule has 0 bridgehead atoms. The van der Waals surface area contributed by atoms with Gasteiger partial charge in [-0.1, -0.05) is 22.0 Å². The minimum Gasteiger partial charge on any atom is -0.325 e. The summed E-state index contributed by atoms with van der Waals surface area (Å²) in [6, 6.07) is 6.56. The number of hydrogen-bond acceptors (Lipinski definition) is 3. The van der Waals surface area contributed by atoms with Gasteiger partial charge in [-0.2, -0.15) is 0 Å². The molecule has 22 heavy (non-hydrogen) atoms. The third kappa shape index (κ3) is 3.89. The van der Waals surface area contributed by atoms with Crippen LogP contribution in [0.1, 0.15) is 31.2 Å². The SMILES string of the molecule is CN(C)Cc1ccc(NC(=O)C2CCC(C3CC3)N2)cc1Br. The van der Waals surface area contributed by atoms with E-state index in [9.17, 15) is 4.79 Å². The largest absolute Gasteiger partial charge is 0.325 e. The van der Waals surface area contributed by atoms with Gasteiger partial charge in [0.05, 0.1) is 6.04 Å².